The minimum atomic E-state index is 0.398. The molecule has 0 aliphatic carbocycles. The van der Waals surface area contributed by atoms with Crippen LogP contribution >= 0.6 is 0 Å². The molecule has 6 nitrogen and oxygen atoms in total. The summed E-state index contributed by atoms with van der Waals surface area (Å²) in [6, 6.07) is 0. The summed E-state index contributed by atoms with van der Waals surface area (Å²) in [5.74, 6) is 0.838. The second-order valence-corrected chi connectivity index (χ2v) is 3.34. The molecule has 0 atom stereocenters. The van der Waals surface area contributed by atoms with E-state index in [9.17, 15) is 0 Å². The highest BCUT2D eigenvalue weighted by Gasteiger charge is 2.16. The highest BCUT2D eigenvalue weighted by molar-refractivity contribution is 5.59. The maximum Gasteiger partial charge on any atom is 0.249 e. The van der Waals surface area contributed by atoms with E-state index in [4.69, 9.17) is 13.6 Å². The molecule has 2 aromatic heterocycles. The molecule has 0 radical (unpaired) electrons. The zero-order valence-corrected chi connectivity index (χ0v) is 8.84. The summed E-state index contributed by atoms with van der Waals surface area (Å²) in [6.45, 7) is 4.03. The summed E-state index contributed by atoms with van der Waals surface area (Å²) in [5, 5.41) is 2.97. The second-order valence-electron chi connectivity index (χ2n) is 3.34. The third-order valence-electron chi connectivity index (χ3n) is 2.23. The van der Waals surface area contributed by atoms with Gasteiger partial charge in [-0.3, -0.25) is 0 Å². The van der Waals surface area contributed by atoms with E-state index in [-0.39, 0.29) is 0 Å². The number of nitrogens with one attached hydrogen (secondary N) is 1. The lowest BCUT2D eigenvalue weighted by atomic mass is 10.4. The third kappa shape index (κ3) is 1.69. The molecule has 86 valence electrons. The van der Waals surface area contributed by atoms with Crippen molar-refractivity contribution >= 4 is 11.8 Å². The van der Waals surface area contributed by atoms with Gasteiger partial charge in [0.05, 0.1) is 0 Å². The third-order valence-corrected chi connectivity index (χ3v) is 2.23. The van der Waals surface area contributed by atoms with Crippen LogP contribution < -0.4 is 5.32 Å². The highest BCUT2D eigenvalue weighted by atomic mass is 16.5. The minimum absolute atomic E-state index is 0.398. The van der Waals surface area contributed by atoms with Crippen LogP contribution in [0.4, 0.5) is 0 Å². The zero-order chi connectivity index (χ0) is 11.7. The standard InChI is InChI=1S/C11H9N3O3/c1-2-7-3-16-11(13-7)9-5-17-10(14-9)8-4-15-6-12-8/h2-5,12H,1,6H2. The van der Waals surface area contributed by atoms with Gasteiger partial charge in [-0.1, -0.05) is 6.58 Å². The van der Waals surface area contributed by atoms with Crippen molar-refractivity contribution in [1.29, 1.82) is 0 Å². The lowest BCUT2D eigenvalue weighted by Gasteiger charge is -1.92. The molecule has 0 aromatic carbocycles. The maximum absolute atomic E-state index is 5.30. The van der Waals surface area contributed by atoms with Crippen molar-refractivity contribution in [2.24, 2.45) is 0 Å². The first-order valence-electron chi connectivity index (χ1n) is 4.96. The van der Waals surface area contributed by atoms with Crippen molar-refractivity contribution in [3.05, 3.63) is 37.0 Å². The predicted octanol–water partition coefficient (Wildman–Crippen LogP) is 1.85. The van der Waals surface area contributed by atoms with Gasteiger partial charge in [0, 0.05) is 0 Å². The van der Waals surface area contributed by atoms with Crippen LogP contribution in [0.15, 0.2) is 34.2 Å². The molecule has 0 unspecified atom stereocenters. The minimum Gasteiger partial charge on any atom is -0.479 e. The van der Waals surface area contributed by atoms with Crippen LogP contribution in [0, 0.1) is 0 Å². The van der Waals surface area contributed by atoms with Gasteiger partial charge in [0.2, 0.25) is 11.8 Å². The van der Waals surface area contributed by atoms with Crippen LogP contribution in [0.3, 0.4) is 0 Å². The lowest BCUT2D eigenvalue weighted by molar-refractivity contribution is 0.267. The van der Waals surface area contributed by atoms with Gasteiger partial charge in [-0.2, -0.15) is 0 Å². The number of rotatable bonds is 3. The fourth-order valence-electron chi connectivity index (χ4n) is 1.41. The molecular weight excluding hydrogens is 222 g/mol. The molecule has 1 aliphatic rings. The molecule has 0 saturated heterocycles. The van der Waals surface area contributed by atoms with Crippen molar-refractivity contribution in [2.45, 2.75) is 0 Å². The Morgan fingerprint density at radius 1 is 1.24 bits per heavy atom. The lowest BCUT2D eigenvalue weighted by Crippen LogP contribution is -2.07. The molecule has 0 bridgehead atoms. The number of ether oxygens (including phenoxy) is 1. The van der Waals surface area contributed by atoms with Gasteiger partial charge in [-0.05, 0) is 6.08 Å². The largest absolute Gasteiger partial charge is 0.479 e. The summed E-state index contributed by atoms with van der Waals surface area (Å²) in [4.78, 5) is 8.40. The summed E-state index contributed by atoms with van der Waals surface area (Å²) < 4.78 is 15.6. The van der Waals surface area contributed by atoms with Gasteiger partial charge in [0.1, 0.15) is 30.2 Å². The van der Waals surface area contributed by atoms with E-state index in [0.717, 1.165) is 0 Å². The Bertz CT molecular complexity index is 582. The average molecular weight is 231 g/mol. The number of hydrogen-bond donors (Lipinski definition) is 1. The Hall–Kier alpha value is -2.50. The Morgan fingerprint density at radius 2 is 2.12 bits per heavy atom. The molecule has 3 rings (SSSR count). The molecule has 6 heteroatoms. The SMILES string of the molecule is C=Cc1coc(-c2coc(C3=COCN3)n2)n1. The molecule has 17 heavy (non-hydrogen) atoms. The summed E-state index contributed by atoms with van der Waals surface area (Å²) in [6.07, 6.45) is 6.14. The van der Waals surface area contributed by atoms with Gasteiger partial charge in [-0.25, -0.2) is 9.97 Å². The average Bonchev–Trinajstić information content (AvgIpc) is 3.09. The van der Waals surface area contributed by atoms with Crippen LogP contribution in [0.2, 0.25) is 0 Å². The first-order chi connectivity index (χ1) is 8.36. The van der Waals surface area contributed by atoms with Gasteiger partial charge in [0.25, 0.3) is 0 Å². The first kappa shape index (κ1) is 9.71. The van der Waals surface area contributed by atoms with E-state index in [2.05, 4.69) is 21.9 Å². The van der Waals surface area contributed by atoms with E-state index >= 15 is 0 Å². The molecule has 0 spiro atoms. The van der Waals surface area contributed by atoms with Gasteiger partial charge >= 0.3 is 0 Å². The fourth-order valence-corrected chi connectivity index (χ4v) is 1.41. The molecule has 1 N–H and O–H groups in total. The molecule has 0 fully saturated rings. The van der Waals surface area contributed by atoms with E-state index in [1.54, 1.807) is 12.3 Å². The van der Waals surface area contributed by atoms with E-state index in [1.807, 2.05) is 0 Å². The summed E-state index contributed by atoms with van der Waals surface area (Å²) in [5.41, 5.74) is 1.89. The van der Waals surface area contributed by atoms with E-state index in [1.165, 1.54) is 12.5 Å². The number of oxazole rings is 2. The van der Waals surface area contributed by atoms with Crippen LogP contribution in [0.5, 0.6) is 0 Å². The Labute approximate surface area is 96.6 Å². The molecular formula is C11H9N3O3. The molecule has 0 saturated carbocycles. The number of hydrogen-bond acceptors (Lipinski definition) is 6. The summed E-state index contributed by atoms with van der Waals surface area (Å²) >= 11 is 0. The fraction of sp³-hybridized carbons (Fsp3) is 0.0909. The normalized spacial score (nSPS) is 14.0. The molecule has 2 aromatic rings. The topological polar surface area (TPSA) is 73.3 Å². The van der Waals surface area contributed by atoms with E-state index < -0.39 is 0 Å². The maximum atomic E-state index is 5.30. The van der Waals surface area contributed by atoms with Crippen LogP contribution in [0.1, 0.15) is 11.6 Å². The number of aromatic nitrogens is 2. The van der Waals surface area contributed by atoms with Gasteiger partial charge < -0.3 is 18.9 Å². The number of nitrogens with zero attached hydrogens (tertiary/aromatic N) is 2. The Morgan fingerprint density at radius 3 is 2.82 bits per heavy atom. The monoisotopic (exact) mass is 231 g/mol. The smallest absolute Gasteiger partial charge is 0.249 e. The zero-order valence-electron chi connectivity index (χ0n) is 8.84. The predicted molar refractivity (Wildman–Crippen MR) is 59.2 cm³/mol. The van der Waals surface area contributed by atoms with Crippen LogP contribution in [0.25, 0.3) is 23.4 Å². The summed E-state index contributed by atoms with van der Waals surface area (Å²) in [7, 11) is 0. The van der Waals surface area contributed by atoms with Gasteiger partial charge in [0.15, 0.2) is 12.4 Å². The first-order valence-corrected chi connectivity index (χ1v) is 4.96. The van der Waals surface area contributed by atoms with Crippen molar-refractivity contribution < 1.29 is 13.6 Å². The van der Waals surface area contributed by atoms with Crippen molar-refractivity contribution in [3.8, 4) is 11.6 Å². The van der Waals surface area contributed by atoms with Crippen LogP contribution in [-0.2, 0) is 4.74 Å². The highest BCUT2D eigenvalue weighted by Crippen LogP contribution is 2.21. The second kappa shape index (κ2) is 3.82. The quantitative estimate of drug-likeness (QED) is 0.868. The van der Waals surface area contributed by atoms with Gasteiger partial charge in [-0.15, -0.1) is 0 Å². The van der Waals surface area contributed by atoms with E-state index in [0.29, 0.717) is 35.6 Å². The van der Waals surface area contributed by atoms with Crippen molar-refractivity contribution in [1.82, 2.24) is 15.3 Å². The Balaban J connectivity index is 1.91. The Kier molecular flexibility index (Phi) is 2.18. The molecule has 1 aliphatic heterocycles. The van der Waals surface area contributed by atoms with Crippen molar-refractivity contribution in [3.63, 3.8) is 0 Å². The molecule has 3 heterocycles. The molecule has 0 amide bonds. The van der Waals surface area contributed by atoms with Crippen LogP contribution in [-0.4, -0.2) is 16.7 Å². The van der Waals surface area contributed by atoms with Crippen molar-refractivity contribution in [2.75, 3.05) is 6.73 Å².